The van der Waals surface area contributed by atoms with Gasteiger partial charge in [-0.15, -0.1) is 12.4 Å². The number of amides is 1. The summed E-state index contributed by atoms with van der Waals surface area (Å²) >= 11 is 0. The average Bonchev–Trinajstić information content (AvgIpc) is 2.82. The van der Waals surface area contributed by atoms with Gasteiger partial charge in [0.1, 0.15) is 0 Å². The lowest BCUT2D eigenvalue weighted by atomic mass is 9.93. The average molecular weight is 545 g/mol. The minimum atomic E-state index is -3.64. The monoisotopic (exact) mass is 544 g/mol. The van der Waals surface area contributed by atoms with Crippen molar-refractivity contribution in [1.82, 2.24) is 10.0 Å². The molecule has 1 amide bonds. The third kappa shape index (κ3) is 9.59. The van der Waals surface area contributed by atoms with Crippen molar-refractivity contribution in [2.45, 2.75) is 45.8 Å². The molecule has 0 heterocycles. The molecule has 0 spiro atoms. The number of aliphatic hydroxyl groups is 1. The number of benzene rings is 3. The summed E-state index contributed by atoms with van der Waals surface area (Å²) in [5, 5.41) is 13.8. The molecule has 3 aromatic carbocycles. The largest absolute Gasteiger partial charge is 0.387 e. The molecule has 0 bridgehead atoms. The van der Waals surface area contributed by atoms with Crippen molar-refractivity contribution in [1.29, 1.82) is 0 Å². The Morgan fingerprint density at radius 1 is 0.892 bits per heavy atom. The highest BCUT2D eigenvalue weighted by Crippen LogP contribution is 2.25. The lowest BCUT2D eigenvalue weighted by Gasteiger charge is -2.18. The fraction of sp³-hybridized carbons (Fsp3) is 0.345. The molecule has 6 nitrogen and oxygen atoms in total. The van der Waals surface area contributed by atoms with Gasteiger partial charge >= 0.3 is 0 Å². The molecule has 0 radical (unpaired) electrons. The van der Waals surface area contributed by atoms with Crippen molar-refractivity contribution in [3.8, 4) is 11.1 Å². The van der Waals surface area contributed by atoms with Crippen molar-refractivity contribution in [2.24, 2.45) is 5.92 Å². The van der Waals surface area contributed by atoms with Crippen LogP contribution in [0.2, 0.25) is 0 Å². The Labute approximate surface area is 227 Å². The van der Waals surface area contributed by atoms with Crippen LogP contribution in [0.4, 0.5) is 0 Å². The highest BCUT2D eigenvalue weighted by atomic mass is 35.5. The van der Waals surface area contributed by atoms with Crippen LogP contribution in [-0.2, 0) is 22.9 Å². The first-order valence-electron chi connectivity index (χ1n) is 12.2. The van der Waals surface area contributed by atoms with E-state index in [1.54, 1.807) is 6.07 Å². The van der Waals surface area contributed by atoms with Crippen LogP contribution >= 0.6 is 12.4 Å². The van der Waals surface area contributed by atoms with E-state index in [1.807, 2.05) is 42.5 Å². The van der Waals surface area contributed by atoms with E-state index in [2.05, 4.69) is 55.1 Å². The molecule has 3 aromatic rings. The van der Waals surface area contributed by atoms with E-state index in [0.29, 0.717) is 24.4 Å². The number of hydrogen-bond acceptors (Lipinski definition) is 5. The molecule has 0 aliphatic carbocycles. The Kier molecular flexibility index (Phi) is 11.3. The van der Waals surface area contributed by atoms with Gasteiger partial charge < -0.3 is 10.4 Å². The fourth-order valence-corrected chi connectivity index (χ4v) is 4.64. The van der Waals surface area contributed by atoms with Gasteiger partial charge in [-0.2, -0.15) is 0 Å². The molecule has 8 heteroatoms. The van der Waals surface area contributed by atoms with Gasteiger partial charge in [-0.3, -0.25) is 4.79 Å². The second kappa shape index (κ2) is 13.7. The minimum Gasteiger partial charge on any atom is -0.387 e. The van der Waals surface area contributed by atoms with E-state index in [0.717, 1.165) is 34.9 Å². The summed E-state index contributed by atoms with van der Waals surface area (Å²) in [6, 6.07) is 23.7. The predicted molar refractivity (Wildman–Crippen MR) is 153 cm³/mol. The van der Waals surface area contributed by atoms with E-state index in [-0.39, 0.29) is 18.4 Å². The summed E-state index contributed by atoms with van der Waals surface area (Å²) in [6.45, 7) is 6.72. The first-order chi connectivity index (χ1) is 17.0. The second-order valence-corrected chi connectivity index (χ2v) is 11.6. The third-order valence-corrected chi connectivity index (χ3v) is 6.49. The van der Waals surface area contributed by atoms with E-state index < -0.39 is 22.0 Å². The van der Waals surface area contributed by atoms with Crippen LogP contribution in [0, 0.1) is 5.92 Å². The summed E-state index contributed by atoms with van der Waals surface area (Å²) < 4.78 is 25.1. The van der Waals surface area contributed by atoms with E-state index in [9.17, 15) is 18.3 Å². The quantitative estimate of drug-likeness (QED) is 0.318. The van der Waals surface area contributed by atoms with E-state index in [4.69, 9.17) is 0 Å². The van der Waals surface area contributed by atoms with Crippen LogP contribution in [0.3, 0.4) is 0 Å². The SMILES string of the molecule is CC(C)Cc1cc(-c2ccc(C[C@@H](C)NC[C@H](O)c3ccccc3)cc2)ccc1C(=O)NS(C)(=O)=O.Cl. The lowest BCUT2D eigenvalue weighted by molar-refractivity contribution is 0.0980. The van der Waals surface area contributed by atoms with Gasteiger partial charge in [0.2, 0.25) is 10.0 Å². The zero-order valence-corrected chi connectivity index (χ0v) is 23.4. The normalized spacial score (nSPS) is 13.0. The van der Waals surface area contributed by atoms with Gasteiger partial charge in [0.05, 0.1) is 12.4 Å². The van der Waals surface area contributed by atoms with Crippen LogP contribution in [0.15, 0.2) is 72.8 Å². The molecule has 200 valence electrons. The van der Waals surface area contributed by atoms with Crippen molar-refractivity contribution in [3.63, 3.8) is 0 Å². The molecule has 2 atom stereocenters. The Bertz CT molecular complexity index is 1260. The first kappa shape index (κ1) is 30.5. The Morgan fingerprint density at radius 3 is 2.11 bits per heavy atom. The van der Waals surface area contributed by atoms with Gasteiger partial charge in [-0.05, 0) is 59.6 Å². The fourth-order valence-electron chi connectivity index (χ4n) is 4.19. The number of aliphatic hydroxyl groups excluding tert-OH is 1. The summed E-state index contributed by atoms with van der Waals surface area (Å²) in [4.78, 5) is 12.5. The molecule has 0 fully saturated rings. The van der Waals surface area contributed by atoms with Crippen molar-refractivity contribution in [2.75, 3.05) is 12.8 Å². The zero-order chi connectivity index (χ0) is 26.3. The minimum absolute atomic E-state index is 0. The van der Waals surface area contributed by atoms with Crippen LogP contribution in [-0.4, -0.2) is 38.3 Å². The number of rotatable bonds is 11. The Balaban J connectivity index is 0.00000481. The molecular formula is C29H37ClN2O4S. The smallest absolute Gasteiger partial charge is 0.264 e. The zero-order valence-electron chi connectivity index (χ0n) is 21.8. The molecular weight excluding hydrogens is 508 g/mol. The van der Waals surface area contributed by atoms with Crippen molar-refractivity contribution < 1.29 is 18.3 Å². The summed E-state index contributed by atoms with van der Waals surface area (Å²) in [5.74, 6) is -0.296. The third-order valence-electron chi connectivity index (χ3n) is 5.93. The highest BCUT2D eigenvalue weighted by molar-refractivity contribution is 7.89. The molecule has 0 aliphatic heterocycles. The number of hydrogen-bond donors (Lipinski definition) is 3. The second-order valence-electron chi connectivity index (χ2n) is 9.81. The Morgan fingerprint density at radius 2 is 1.51 bits per heavy atom. The molecule has 0 aromatic heterocycles. The first-order valence-corrected chi connectivity index (χ1v) is 14.1. The van der Waals surface area contributed by atoms with Crippen molar-refractivity contribution in [3.05, 3.63) is 95.1 Å². The van der Waals surface area contributed by atoms with Gasteiger partial charge in [0, 0.05) is 18.2 Å². The van der Waals surface area contributed by atoms with Gasteiger partial charge in [-0.1, -0.05) is 80.6 Å². The maximum Gasteiger partial charge on any atom is 0.264 e. The molecule has 0 aliphatic rings. The maximum absolute atomic E-state index is 12.5. The summed E-state index contributed by atoms with van der Waals surface area (Å²) in [6.07, 6.45) is 1.92. The van der Waals surface area contributed by atoms with Gasteiger partial charge in [0.15, 0.2) is 0 Å². The summed E-state index contributed by atoms with van der Waals surface area (Å²) in [7, 11) is -3.64. The van der Waals surface area contributed by atoms with E-state index >= 15 is 0 Å². The number of carbonyl (C=O) groups is 1. The highest BCUT2D eigenvalue weighted by Gasteiger charge is 2.17. The maximum atomic E-state index is 12.5. The molecule has 0 unspecified atom stereocenters. The topological polar surface area (TPSA) is 95.5 Å². The molecule has 3 rings (SSSR count). The number of sulfonamides is 1. The number of halogens is 1. The molecule has 37 heavy (non-hydrogen) atoms. The standard InChI is InChI=1S/C29H36N2O4S.ClH/c1-20(2)16-26-18-25(14-15-27(26)29(33)31-36(4,34)35)23-12-10-22(11-13-23)17-21(3)30-19-28(32)24-8-6-5-7-9-24;/h5-15,18,20-21,28,30,32H,16-17,19H2,1-4H3,(H,31,33);1H/t21-,28+;/m1./s1. The van der Waals surface area contributed by atoms with Crippen LogP contribution in [0.1, 0.15) is 53.9 Å². The predicted octanol–water partition coefficient (Wildman–Crippen LogP) is 4.92. The van der Waals surface area contributed by atoms with Gasteiger partial charge in [-0.25, -0.2) is 13.1 Å². The van der Waals surface area contributed by atoms with Crippen LogP contribution in [0.25, 0.3) is 11.1 Å². The van der Waals surface area contributed by atoms with Crippen LogP contribution < -0.4 is 10.0 Å². The molecule has 0 saturated heterocycles. The molecule has 3 N–H and O–H groups in total. The lowest BCUT2D eigenvalue weighted by Crippen LogP contribution is -2.32. The summed E-state index contributed by atoms with van der Waals surface area (Å²) in [5.41, 5.74) is 5.29. The Hall–Kier alpha value is -2.71. The van der Waals surface area contributed by atoms with Crippen molar-refractivity contribution >= 4 is 28.3 Å². The number of nitrogens with one attached hydrogen (secondary N) is 2. The van der Waals surface area contributed by atoms with Gasteiger partial charge in [0.25, 0.3) is 5.91 Å². The van der Waals surface area contributed by atoms with Crippen LogP contribution in [0.5, 0.6) is 0 Å². The molecule has 0 saturated carbocycles. The number of carbonyl (C=O) groups excluding carboxylic acids is 1. The van der Waals surface area contributed by atoms with E-state index in [1.165, 1.54) is 5.56 Å².